The zero-order valence-corrected chi connectivity index (χ0v) is 17.0. The highest BCUT2D eigenvalue weighted by molar-refractivity contribution is 5.71. The molecule has 0 rings (SSSR count). The van der Waals surface area contributed by atoms with Crippen molar-refractivity contribution in [2.24, 2.45) is 0 Å². The van der Waals surface area contributed by atoms with Crippen molar-refractivity contribution < 1.29 is 19.4 Å². The van der Waals surface area contributed by atoms with Crippen LogP contribution in [0.4, 0.5) is 0 Å². The molecule has 0 aromatic carbocycles. The first-order valence-electron chi connectivity index (χ1n) is 10.7. The van der Waals surface area contributed by atoms with Crippen LogP contribution in [0.1, 0.15) is 110 Å². The van der Waals surface area contributed by atoms with Gasteiger partial charge in [0.05, 0.1) is 6.42 Å². The van der Waals surface area contributed by atoms with Crippen LogP contribution >= 0.6 is 0 Å². The van der Waals surface area contributed by atoms with Gasteiger partial charge in [0.2, 0.25) is 0 Å². The molecule has 0 spiro atoms. The van der Waals surface area contributed by atoms with Gasteiger partial charge in [-0.3, -0.25) is 9.59 Å². The molecule has 0 aliphatic heterocycles. The number of hydrogen-bond acceptors (Lipinski definition) is 3. The van der Waals surface area contributed by atoms with E-state index >= 15 is 0 Å². The van der Waals surface area contributed by atoms with Crippen LogP contribution < -0.4 is 0 Å². The highest BCUT2D eigenvalue weighted by Gasteiger charge is 2.17. The summed E-state index contributed by atoms with van der Waals surface area (Å²) in [5, 5.41) is 9.01. The van der Waals surface area contributed by atoms with Crippen molar-refractivity contribution in [2.75, 3.05) is 0 Å². The summed E-state index contributed by atoms with van der Waals surface area (Å²) in [6.45, 7) is 4.37. The number of rotatable bonds is 18. The molecule has 0 fully saturated rings. The normalized spacial score (nSPS) is 12.4. The van der Waals surface area contributed by atoms with Gasteiger partial charge in [-0.15, -0.1) is 0 Å². The van der Waals surface area contributed by atoms with Crippen LogP contribution in [0.5, 0.6) is 0 Å². The number of esters is 1. The van der Waals surface area contributed by atoms with Crippen LogP contribution in [0.2, 0.25) is 0 Å². The zero-order valence-electron chi connectivity index (χ0n) is 17.0. The second-order valence-electron chi connectivity index (χ2n) is 7.13. The summed E-state index contributed by atoms with van der Waals surface area (Å²) >= 11 is 0. The maximum absolute atomic E-state index is 11.9. The molecular formula is C22H40O4. The van der Waals surface area contributed by atoms with E-state index in [1.54, 1.807) is 0 Å². The lowest BCUT2D eigenvalue weighted by Crippen LogP contribution is -2.21. The molecule has 0 heterocycles. The van der Waals surface area contributed by atoms with E-state index in [2.05, 4.69) is 26.0 Å². The molecule has 0 saturated carbocycles. The third kappa shape index (κ3) is 17.5. The number of carboxylic acid groups (broad SMARTS) is 1. The number of carbonyl (C=O) groups excluding carboxylic acids is 1. The lowest BCUT2D eigenvalue weighted by molar-refractivity contribution is -0.153. The minimum Gasteiger partial charge on any atom is -0.481 e. The van der Waals surface area contributed by atoms with Gasteiger partial charge >= 0.3 is 11.9 Å². The molecular weight excluding hydrogens is 328 g/mol. The summed E-state index contributed by atoms with van der Waals surface area (Å²) in [5.41, 5.74) is 0. The van der Waals surface area contributed by atoms with Gasteiger partial charge in [-0.05, 0) is 38.5 Å². The zero-order chi connectivity index (χ0) is 19.5. The fraction of sp³-hybridized carbons (Fsp3) is 0.818. The van der Waals surface area contributed by atoms with Gasteiger partial charge in [0.25, 0.3) is 0 Å². The molecule has 1 atom stereocenters. The number of aliphatic carboxylic acids is 1. The predicted molar refractivity (Wildman–Crippen MR) is 107 cm³/mol. The van der Waals surface area contributed by atoms with Crippen LogP contribution in [0.3, 0.4) is 0 Å². The third-order valence-corrected chi connectivity index (χ3v) is 4.47. The van der Waals surface area contributed by atoms with Gasteiger partial charge in [0, 0.05) is 6.42 Å². The van der Waals surface area contributed by atoms with Crippen molar-refractivity contribution >= 4 is 11.9 Å². The number of hydrogen-bond donors (Lipinski definition) is 1. The Morgan fingerprint density at radius 2 is 1.42 bits per heavy atom. The van der Waals surface area contributed by atoms with Crippen molar-refractivity contribution in [2.45, 2.75) is 116 Å². The summed E-state index contributed by atoms with van der Waals surface area (Å²) in [7, 11) is 0. The molecule has 0 saturated heterocycles. The number of carbonyl (C=O) groups is 2. The standard InChI is InChI=1S/C22H40O4/c1-3-5-7-9-10-11-12-14-15-17-20(19-21(23)24)26-22(25)18-16-13-8-6-4-2/h11-12,20H,3-10,13-19H2,1-2H3,(H,23,24)/b12-11-. The molecule has 4 heteroatoms. The Hall–Kier alpha value is -1.32. The van der Waals surface area contributed by atoms with Crippen molar-refractivity contribution in [3.05, 3.63) is 12.2 Å². The van der Waals surface area contributed by atoms with Gasteiger partial charge in [0.1, 0.15) is 6.10 Å². The first-order chi connectivity index (χ1) is 12.6. The Labute approximate surface area is 160 Å². The highest BCUT2D eigenvalue weighted by atomic mass is 16.5. The SMILES string of the molecule is CCCCCC/C=C\CCCC(CC(=O)O)OC(=O)CCCCCCC. The molecule has 1 N–H and O–H groups in total. The molecule has 0 aliphatic rings. The number of ether oxygens (including phenoxy) is 1. The van der Waals surface area contributed by atoms with Gasteiger partial charge in [0.15, 0.2) is 0 Å². The van der Waals surface area contributed by atoms with E-state index < -0.39 is 12.1 Å². The quantitative estimate of drug-likeness (QED) is 0.172. The summed E-state index contributed by atoms with van der Waals surface area (Å²) in [6, 6.07) is 0. The van der Waals surface area contributed by atoms with E-state index in [0.29, 0.717) is 12.8 Å². The second-order valence-corrected chi connectivity index (χ2v) is 7.13. The molecule has 0 aromatic rings. The van der Waals surface area contributed by atoms with E-state index in [1.807, 2.05) is 0 Å². The summed E-state index contributed by atoms with van der Waals surface area (Å²) in [6.07, 6.45) is 18.2. The smallest absolute Gasteiger partial charge is 0.307 e. The van der Waals surface area contributed by atoms with E-state index in [1.165, 1.54) is 38.5 Å². The van der Waals surface area contributed by atoms with E-state index in [9.17, 15) is 9.59 Å². The molecule has 0 aromatic heterocycles. The Bertz CT molecular complexity index is 376. The molecule has 4 nitrogen and oxygen atoms in total. The van der Waals surface area contributed by atoms with Crippen LogP contribution in [0.15, 0.2) is 12.2 Å². The largest absolute Gasteiger partial charge is 0.481 e. The topological polar surface area (TPSA) is 63.6 Å². The average molecular weight is 369 g/mol. The van der Waals surface area contributed by atoms with Gasteiger partial charge in [-0.1, -0.05) is 70.9 Å². The number of unbranched alkanes of at least 4 members (excludes halogenated alkanes) is 9. The molecule has 152 valence electrons. The fourth-order valence-corrected chi connectivity index (χ4v) is 2.90. The molecule has 26 heavy (non-hydrogen) atoms. The Balaban J connectivity index is 3.92. The van der Waals surface area contributed by atoms with Gasteiger partial charge in [-0.25, -0.2) is 0 Å². The highest BCUT2D eigenvalue weighted by Crippen LogP contribution is 2.13. The molecule has 0 bridgehead atoms. The Morgan fingerprint density at radius 3 is 2.04 bits per heavy atom. The van der Waals surface area contributed by atoms with Gasteiger partial charge in [-0.2, -0.15) is 0 Å². The minimum absolute atomic E-state index is 0.0949. The third-order valence-electron chi connectivity index (χ3n) is 4.47. The van der Waals surface area contributed by atoms with Crippen molar-refractivity contribution in [3.8, 4) is 0 Å². The molecule has 0 aliphatic carbocycles. The van der Waals surface area contributed by atoms with Crippen molar-refractivity contribution in [3.63, 3.8) is 0 Å². The first kappa shape index (κ1) is 24.7. The Morgan fingerprint density at radius 1 is 0.846 bits per heavy atom. The van der Waals surface area contributed by atoms with Crippen LogP contribution in [0.25, 0.3) is 0 Å². The predicted octanol–water partition coefficient (Wildman–Crippen LogP) is 6.43. The number of carboxylic acids is 1. The lowest BCUT2D eigenvalue weighted by Gasteiger charge is -2.15. The van der Waals surface area contributed by atoms with Crippen molar-refractivity contribution in [1.29, 1.82) is 0 Å². The lowest BCUT2D eigenvalue weighted by atomic mass is 10.1. The van der Waals surface area contributed by atoms with Crippen LogP contribution in [-0.4, -0.2) is 23.1 Å². The maximum Gasteiger partial charge on any atom is 0.307 e. The Kier molecular flexibility index (Phi) is 17.5. The average Bonchev–Trinajstić information content (AvgIpc) is 2.59. The van der Waals surface area contributed by atoms with Gasteiger partial charge < -0.3 is 9.84 Å². The monoisotopic (exact) mass is 368 g/mol. The molecule has 1 unspecified atom stereocenters. The van der Waals surface area contributed by atoms with Crippen molar-refractivity contribution in [1.82, 2.24) is 0 Å². The fourth-order valence-electron chi connectivity index (χ4n) is 2.90. The van der Waals surface area contributed by atoms with E-state index in [4.69, 9.17) is 9.84 Å². The summed E-state index contributed by atoms with van der Waals surface area (Å²) < 4.78 is 5.40. The molecule has 0 radical (unpaired) electrons. The van der Waals surface area contributed by atoms with E-state index in [-0.39, 0.29) is 12.4 Å². The van der Waals surface area contributed by atoms with Crippen LogP contribution in [0, 0.1) is 0 Å². The van der Waals surface area contributed by atoms with Crippen LogP contribution in [-0.2, 0) is 14.3 Å². The first-order valence-corrected chi connectivity index (χ1v) is 10.7. The van der Waals surface area contributed by atoms with E-state index in [0.717, 1.165) is 38.5 Å². The maximum atomic E-state index is 11.9. The number of allylic oxidation sites excluding steroid dienone is 2. The summed E-state index contributed by atoms with van der Waals surface area (Å²) in [4.78, 5) is 22.9. The second kappa shape index (κ2) is 18.5. The minimum atomic E-state index is -0.905. The summed E-state index contributed by atoms with van der Waals surface area (Å²) in [5.74, 6) is -1.16. The molecule has 0 amide bonds.